The summed E-state index contributed by atoms with van der Waals surface area (Å²) in [4.78, 5) is 10.3. The first-order chi connectivity index (χ1) is 24.8. The Bertz CT molecular complexity index is 3100. The number of para-hydroxylation sites is 3. The number of nitrogens with zero attached hydrogens (tertiary/aromatic N) is 4. The first-order valence-electron chi connectivity index (χ1n) is 17.0. The number of fused-ring (bicyclic) bond motifs is 13. The van der Waals surface area contributed by atoms with Crippen LogP contribution in [0.15, 0.2) is 170 Å². The smallest absolute Gasteiger partial charge is 0.159 e. The Morgan fingerprint density at radius 1 is 0.360 bits per heavy atom. The number of hydrogen-bond acceptors (Lipinski definition) is 2. The third kappa shape index (κ3) is 3.76. The summed E-state index contributed by atoms with van der Waals surface area (Å²) in [6.45, 7) is 0. The number of benzene rings is 8. The van der Waals surface area contributed by atoms with Crippen molar-refractivity contribution in [2.24, 2.45) is 0 Å². The summed E-state index contributed by atoms with van der Waals surface area (Å²) < 4.78 is 4.79. The van der Waals surface area contributed by atoms with Gasteiger partial charge in [0, 0.05) is 55.5 Å². The van der Waals surface area contributed by atoms with Crippen LogP contribution in [-0.2, 0) is 0 Å². The molecule has 0 fully saturated rings. The van der Waals surface area contributed by atoms with Crippen LogP contribution in [-0.4, -0.2) is 19.1 Å². The Kier molecular flexibility index (Phi) is 5.63. The van der Waals surface area contributed by atoms with E-state index in [4.69, 9.17) is 9.97 Å². The summed E-state index contributed by atoms with van der Waals surface area (Å²) in [5.41, 5.74) is 8.92. The molecule has 0 aliphatic rings. The fourth-order valence-electron chi connectivity index (χ4n) is 8.22. The van der Waals surface area contributed by atoms with Crippen molar-refractivity contribution in [3.8, 4) is 22.8 Å². The fraction of sp³-hybridized carbons (Fsp3) is 0. The van der Waals surface area contributed by atoms with Crippen molar-refractivity contribution >= 4 is 76.1 Å². The first-order valence-corrected chi connectivity index (χ1v) is 17.0. The van der Waals surface area contributed by atoms with E-state index < -0.39 is 0 Å². The Morgan fingerprint density at radius 3 is 1.52 bits per heavy atom. The maximum absolute atomic E-state index is 5.29. The average Bonchev–Trinajstić information content (AvgIpc) is 3.71. The summed E-state index contributed by atoms with van der Waals surface area (Å²) in [6.07, 6.45) is 2.01. The van der Waals surface area contributed by atoms with E-state index in [-0.39, 0.29) is 0 Å². The van der Waals surface area contributed by atoms with Crippen molar-refractivity contribution in [3.05, 3.63) is 170 Å². The summed E-state index contributed by atoms with van der Waals surface area (Å²) in [5, 5.41) is 10.8. The number of hydrogen-bond donors (Lipinski definition) is 0. The Balaban J connectivity index is 1.23. The lowest BCUT2D eigenvalue weighted by atomic mass is 9.98. The molecule has 0 aliphatic carbocycles. The maximum atomic E-state index is 5.29. The normalized spacial score (nSPS) is 12.0. The lowest BCUT2D eigenvalue weighted by molar-refractivity contribution is 1.17. The Hall–Kier alpha value is -6.78. The minimum atomic E-state index is 0.718. The third-order valence-corrected chi connectivity index (χ3v) is 10.3. The molecule has 3 heterocycles. The van der Waals surface area contributed by atoms with E-state index in [0.717, 1.165) is 44.6 Å². The predicted octanol–water partition coefficient (Wildman–Crippen LogP) is 11.8. The lowest BCUT2D eigenvalue weighted by Crippen LogP contribution is -1.95. The SMILES string of the molecule is c1ccc(-n2c3ccccc3c3c4c5ccc(-c6ncc7c8ccccc8c8ccccc8c7n6)cc5n(-c5ccccc5)c4ccc32)cc1. The van der Waals surface area contributed by atoms with Gasteiger partial charge in [-0.2, -0.15) is 0 Å². The van der Waals surface area contributed by atoms with Crippen LogP contribution >= 0.6 is 0 Å². The zero-order chi connectivity index (χ0) is 32.8. The minimum absolute atomic E-state index is 0.718. The summed E-state index contributed by atoms with van der Waals surface area (Å²) in [7, 11) is 0. The molecule has 0 atom stereocenters. The first kappa shape index (κ1) is 27.2. The van der Waals surface area contributed by atoms with Crippen LogP contribution in [0.5, 0.6) is 0 Å². The molecular weight excluding hydrogens is 609 g/mol. The highest BCUT2D eigenvalue weighted by atomic mass is 15.0. The van der Waals surface area contributed by atoms with Crippen LogP contribution in [0.2, 0.25) is 0 Å². The number of rotatable bonds is 3. The molecule has 4 heteroatoms. The van der Waals surface area contributed by atoms with Crippen molar-refractivity contribution in [2.75, 3.05) is 0 Å². The highest BCUT2D eigenvalue weighted by molar-refractivity contribution is 6.29. The zero-order valence-electron chi connectivity index (χ0n) is 27.0. The summed E-state index contributed by atoms with van der Waals surface area (Å²) >= 11 is 0. The molecule has 232 valence electrons. The van der Waals surface area contributed by atoms with E-state index in [2.05, 4.69) is 173 Å². The molecule has 0 bridgehead atoms. The summed E-state index contributed by atoms with van der Waals surface area (Å²) in [5.74, 6) is 0.718. The van der Waals surface area contributed by atoms with Crippen LogP contribution in [0, 0.1) is 0 Å². The molecule has 0 unspecified atom stereocenters. The molecule has 0 saturated heterocycles. The maximum Gasteiger partial charge on any atom is 0.159 e. The molecule has 11 aromatic rings. The van der Waals surface area contributed by atoms with Crippen LogP contribution in [0.3, 0.4) is 0 Å². The minimum Gasteiger partial charge on any atom is -0.309 e. The van der Waals surface area contributed by atoms with E-state index in [1.807, 2.05) is 6.20 Å². The molecule has 8 aromatic carbocycles. The average molecular weight is 637 g/mol. The van der Waals surface area contributed by atoms with Crippen molar-refractivity contribution in [1.82, 2.24) is 19.1 Å². The van der Waals surface area contributed by atoms with Gasteiger partial charge in [-0.1, -0.05) is 115 Å². The molecule has 3 aromatic heterocycles. The lowest BCUT2D eigenvalue weighted by Gasteiger charge is -2.11. The molecule has 4 nitrogen and oxygen atoms in total. The van der Waals surface area contributed by atoms with E-state index in [1.165, 1.54) is 54.3 Å². The van der Waals surface area contributed by atoms with E-state index in [1.54, 1.807) is 0 Å². The van der Waals surface area contributed by atoms with Gasteiger partial charge in [0.2, 0.25) is 0 Å². The van der Waals surface area contributed by atoms with Gasteiger partial charge in [0.15, 0.2) is 5.82 Å². The Morgan fingerprint density at radius 2 is 0.860 bits per heavy atom. The van der Waals surface area contributed by atoms with Crippen molar-refractivity contribution < 1.29 is 0 Å². The molecular formula is C46H28N4. The van der Waals surface area contributed by atoms with Gasteiger partial charge in [-0.15, -0.1) is 0 Å². The highest BCUT2D eigenvalue weighted by Crippen LogP contribution is 2.43. The largest absolute Gasteiger partial charge is 0.309 e. The van der Waals surface area contributed by atoms with E-state index in [0.29, 0.717) is 0 Å². The van der Waals surface area contributed by atoms with Crippen LogP contribution in [0.25, 0.3) is 98.8 Å². The Labute approximate surface area is 287 Å². The van der Waals surface area contributed by atoms with Gasteiger partial charge in [0.25, 0.3) is 0 Å². The van der Waals surface area contributed by atoms with E-state index in [9.17, 15) is 0 Å². The molecule has 50 heavy (non-hydrogen) atoms. The standard InChI is InChI=1S/C46H28N4/c1-3-13-30(14-4-1)49-39-22-12-11-21-36(39)43-40(49)25-26-41-44(43)37-24-23-29(27-42(37)50(41)31-15-5-2-6-16-31)46-47-28-38-34-19-8-7-17-32(34)33-18-9-10-20-35(33)45(38)48-46/h1-28H. The third-order valence-electron chi connectivity index (χ3n) is 10.3. The van der Waals surface area contributed by atoms with E-state index >= 15 is 0 Å². The monoisotopic (exact) mass is 636 g/mol. The zero-order valence-corrected chi connectivity index (χ0v) is 27.0. The van der Waals surface area contributed by atoms with Gasteiger partial charge in [0.05, 0.1) is 27.6 Å². The van der Waals surface area contributed by atoms with Crippen molar-refractivity contribution in [1.29, 1.82) is 0 Å². The van der Waals surface area contributed by atoms with Gasteiger partial charge in [-0.25, -0.2) is 9.97 Å². The fourth-order valence-corrected chi connectivity index (χ4v) is 8.22. The topological polar surface area (TPSA) is 35.6 Å². The van der Waals surface area contributed by atoms with Gasteiger partial charge < -0.3 is 9.13 Å². The second kappa shape index (κ2) is 10.4. The van der Waals surface area contributed by atoms with Gasteiger partial charge >= 0.3 is 0 Å². The molecule has 0 amide bonds. The van der Waals surface area contributed by atoms with Crippen LogP contribution in [0.1, 0.15) is 0 Å². The molecule has 0 saturated carbocycles. The number of aromatic nitrogens is 4. The molecule has 11 rings (SSSR count). The highest BCUT2D eigenvalue weighted by Gasteiger charge is 2.21. The quantitative estimate of drug-likeness (QED) is 0.181. The summed E-state index contributed by atoms with van der Waals surface area (Å²) in [6, 6.07) is 58.5. The second-order valence-electron chi connectivity index (χ2n) is 13.0. The molecule has 0 spiro atoms. The van der Waals surface area contributed by atoms with Crippen molar-refractivity contribution in [2.45, 2.75) is 0 Å². The van der Waals surface area contributed by atoms with Gasteiger partial charge in [0.1, 0.15) is 0 Å². The van der Waals surface area contributed by atoms with Gasteiger partial charge in [-0.3, -0.25) is 0 Å². The predicted molar refractivity (Wildman–Crippen MR) is 209 cm³/mol. The van der Waals surface area contributed by atoms with Crippen LogP contribution < -0.4 is 0 Å². The second-order valence-corrected chi connectivity index (χ2v) is 13.0. The molecule has 0 aliphatic heterocycles. The van der Waals surface area contributed by atoms with Crippen LogP contribution in [0.4, 0.5) is 0 Å². The van der Waals surface area contributed by atoms with Crippen molar-refractivity contribution in [3.63, 3.8) is 0 Å². The molecule has 0 radical (unpaired) electrons. The molecule has 0 N–H and O–H groups in total. The van der Waals surface area contributed by atoms with Gasteiger partial charge in [-0.05, 0) is 64.7 Å².